The zero-order valence-corrected chi connectivity index (χ0v) is 13.3. The van der Waals surface area contributed by atoms with Crippen LogP contribution >= 0.6 is 0 Å². The van der Waals surface area contributed by atoms with Crippen molar-refractivity contribution in [1.82, 2.24) is 15.0 Å². The molecule has 0 bridgehead atoms. The predicted molar refractivity (Wildman–Crippen MR) is 83.1 cm³/mol. The molecule has 1 fully saturated rings. The number of piperidine rings is 1. The fourth-order valence-corrected chi connectivity index (χ4v) is 2.86. The number of hydrogen-bond acceptors (Lipinski definition) is 4. The summed E-state index contributed by atoms with van der Waals surface area (Å²) in [6.07, 6.45) is 1.85. The summed E-state index contributed by atoms with van der Waals surface area (Å²) in [6.45, 7) is 5.21. The molecule has 1 saturated heterocycles. The largest absolute Gasteiger partial charge is 0.342 e. The number of halogens is 1. The highest BCUT2D eigenvalue weighted by Crippen LogP contribution is 2.28. The van der Waals surface area contributed by atoms with Crippen LogP contribution in [-0.2, 0) is 4.79 Å². The van der Waals surface area contributed by atoms with E-state index in [0.717, 1.165) is 19.4 Å². The van der Waals surface area contributed by atoms with Crippen molar-refractivity contribution < 1.29 is 13.7 Å². The smallest absolute Gasteiger partial charge is 0.231 e. The molecule has 23 heavy (non-hydrogen) atoms. The summed E-state index contributed by atoms with van der Waals surface area (Å²) < 4.78 is 18.4. The number of rotatable bonds is 3. The zero-order valence-electron chi connectivity index (χ0n) is 13.3. The topological polar surface area (TPSA) is 59.2 Å². The SMILES string of the molecule is CC(C)C(=O)N1CCC[C@@H](c2nc(-c3ccc(F)cc3)no2)C1. The first-order valence-electron chi connectivity index (χ1n) is 7.93. The van der Waals surface area contributed by atoms with E-state index in [1.54, 1.807) is 12.1 Å². The maximum atomic E-state index is 13.0. The quantitative estimate of drug-likeness (QED) is 0.872. The Bertz CT molecular complexity index is 681. The molecule has 6 heteroatoms. The van der Waals surface area contributed by atoms with E-state index >= 15 is 0 Å². The van der Waals surface area contributed by atoms with E-state index in [1.807, 2.05) is 18.7 Å². The molecule has 2 aromatic rings. The minimum Gasteiger partial charge on any atom is -0.342 e. The van der Waals surface area contributed by atoms with Gasteiger partial charge in [-0.3, -0.25) is 4.79 Å². The van der Waals surface area contributed by atoms with E-state index in [1.165, 1.54) is 12.1 Å². The maximum absolute atomic E-state index is 13.0. The van der Waals surface area contributed by atoms with Crippen LogP contribution in [0.3, 0.4) is 0 Å². The van der Waals surface area contributed by atoms with E-state index in [2.05, 4.69) is 10.1 Å². The molecule has 0 radical (unpaired) electrons. The Morgan fingerprint density at radius 1 is 1.35 bits per heavy atom. The Labute approximate surface area is 134 Å². The number of amides is 1. The average Bonchev–Trinajstić information content (AvgIpc) is 3.05. The van der Waals surface area contributed by atoms with Gasteiger partial charge in [-0.2, -0.15) is 4.98 Å². The molecule has 1 aliphatic heterocycles. The summed E-state index contributed by atoms with van der Waals surface area (Å²) in [5.74, 6) is 0.915. The van der Waals surface area contributed by atoms with E-state index in [4.69, 9.17) is 4.52 Å². The molecule has 0 spiro atoms. The number of carbonyl (C=O) groups excluding carboxylic acids is 1. The van der Waals surface area contributed by atoms with Crippen molar-refractivity contribution in [2.45, 2.75) is 32.6 Å². The summed E-state index contributed by atoms with van der Waals surface area (Å²) in [4.78, 5) is 18.5. The van der Waals surface area contributed by atoms with Gasteiger partial charge < -0.3 is 9.42 Å². The van der Waals surface area contributed by atoms with Gasteiger partial charge in [0.25, 0.3) is 0 Å². The van der Waals surface area contributed by atoms with Crippen LogP contribution in [0.4, 0.5) is 4.39 Å². The minimum atomic E-state index is -0.299. The Balaban J connectivity index is 1.74. The van der Waals surface area contributed by atoms with Crippen LogP contribution in [-0.4, -0.2) is 34.0 Å². The maximum Gasteiger partial charge on any atom is 0.231 e. The van der Waals surface area contributed by atoms with Crippen LogP contribution in [0.15, 0.2) is 28.8 Å². The molecule has 1 aromatic carbocycles. The van der Waals surface area contributed by atoms with Gasteiger partial charge in [-0.05, 0) is 37.1 Å². The Morgan fingerprint density at radius 3 is 2.78 bits per heavy atom. The lowest BCUT2D eigenvalue weighted by Gasteiger charge is -2.32. The van der Waals surface area contributed by atoms with Gasteiger partial charge in [-0.1, -0.05) is 19.0 Å². The molecular weight excluding hydrogens is 297 g/mol. The molecular formula is C17H20FN3O2. The standard InChI is InChI=1S/C17H20FN3O2/c1-11(2)17(22)21-9-3-4-13(10-21)16-19-15(20-23-16)12-5-7-14(18)8-6-12/h5-8,11,13H,3-4,9-10H2,1-2H3/t13-/m1/s1. The first kappa shape index (κ1) is 15.6. The zero-order chi connectivity index (χ0) is 16.4. The fourth-order valence-electron chi connectivity index (χ4n) is 2.86. The predicted octanol–water partition coefficient (Wildman–Crippen LogP) is 3.24. The highest BCUT2D eigenvalue weighted by atomic mass is 19.1. The number of hydrogen-bond donors (Lipinski definition) is 0. The molecule has 0 aliphatic carbocycles. The van der Waals surface area contributed by atoms with Crippen molar-refractivity contribution in [2.75, 3.05) is 13.1 Å². The first-order chi connectivity index (χ1) is 11.0. The third kappa shape index (κ3) is 3.41. The molecule has 0 N–H and O–H groups in total. The fraction of sp³-hybridized carbons (Fsp3) is 0.471. The van der Waals surface area contributed by atoms with Crippen LogP contribution in [0.5, 0.6) is 0 Å². The lowest BCUT2D eigenvalue weighted by atomic mass is 9.97. The van der Waals surface area contributed by atoms with Gasteiger partial charge in [-0.25, -0.2) is 4.39 Å². The van der Waals surface area contributed by atoms with E-state index in [-0.39, 0.29) is 23.6 Å². The molecule has 1 atom stereocenters. The first-order valence-corrected chi connectivity index (χ1v) is 7.93. The Kier molecular flexibility index (Phi) is 4.41. The summed E-state index contributed by atoms with van der Waals surface area (Å²) in [5, 5.41) is 3.98. The van der Waals surface area contributed by atoms with E-state index in [0.29, 0.717) is 23.8 Å². The lowest BCUT2D eigenvalue weighted by Crippen LogP contribution is -2.41. The van der Waals surface area contributed by atoms with Crippen molar-refractivity contribution in [2.24, 2.45) is 5.92 Å². The third-order valence-electron chi connectivity index (χ3n) is 4.12. The summed E-state index contributed by atoms with van der Waals surface area (Å²) >= 11 is 0. The Hall–Kier alpha value is -2.24. The molecule has 2 heterocycles. The van der Waals surface area contributed by atoms with Gasteiger partial charge in [-0.15, -0.1) is 0 Å². The van der Waals surface area contributed by atoms with Crippen molar-refractivity contribution >= 4 is 5.91 Å². The van der Waals surface area contributed by atoms with Gasteiger partial charge in [0.2, 0.25) is 17.6 Å². The van der Waals surface area contributed by atoms with Gasteiger partial charge >= 0.3 is 0 Å². The highest BCUT2D eigenvalue weighted by molar-refractivity contribution is 5.78. The van der Waals surface area contributed by atoms with Gasteiger partial charge in [0.1, 0.15) is 5.82 Å². The number of nitrogens with zero attached hydrogens (tertiary/aromatic N) is 3. The number of aromatic nitrogens is 2. The van der Waals surface area contributed by atoms with Gasteiger partial charge in [0.05, 0.1) is 5.92 Å². The van der Waals surface area contributed by atoms with Crippen LogP contribution in [0, 0.1) is 11.7 Å². The number of benzene rings is 1. The van der Waals surface area contributed by atoms with E-state index < -0.39 is 0 Å². The van der Waals surface area contributed by atoms with Crippen LogP contribution in [0.25, 0.3) is 11.4 Å². The average molecular weight is 317 g/mol. The summed E-state index contributed by atoms with van der Waals surface area (Å²) in [7, 11) is 0. The second-order valence-electron chi connectivity index (χ2n) is 6.24. The second kappa shape index (κ2) is 6.48. The molecule has 5 nitrogen and oxygen atoms in total. The van der Waals surface area contributed by atoms with Crippen molar-refractivity contribution in [3.8, 4) is 11.4 Å². The van der Waals surface area contributed by atoms with Gasteiger partial charge in [0.15, 0.2) is 0 Å². The molecule has 1 aliphatic rings. The molecule has 1 aromatic heterocycles. The second-order valence-corrected chi connectivity index (χ2v) is 6.24. The van der Waals surface area contributed by atoms with Crippen molar-refractivity contribution in [1.29, 1.82) is 0 Å². The molecule has 1 amide bonds. The molecule has 0 saturated carbocycles. The van der Waals surface area contributed by atoms with E-state index in [9.17, 15) is 9.18 Å². The van der Waals surface area contributed by atoms with Crippen molar-refractivity contribution in [3.63, 3.8) is 0 Å². The van der Waals surface area contributed by atoms with Crippen molar-refractivity contribution in [3.05, 3.63) is 36.0 Å². The lowest BCUT2D eigenvalue weighted by molar-refractivity contribution is -0.135. The summed E-state index contributed by atoms with van der Waals surface area (Å²) in [5.41, 5.74) is 0.715. The van der Waals surface area contributed by atoms with Crippen LogP contribution < -0.4 is 0 Å². The van der Waals surface area contributed by atoms with Gasteiger partial charge in [0, 0.05) is 24.6 Å². The third-order valence-corrected chi connectivity index (χ3v) is 4.12. The Morgan fingerprint density at radius 2 is 2.09 bits per heavy atom. The molecule has 0 unspecified atom stereocenters. The van der Waals surface area contributed by atoms with Crippen LogP contribution in [0.2, 0.25) is 0 Å². The van der Waals surface area contributed by atoms with Crippen LogP contribution in [0.1, 0.15) is 38.5 Å². The highest BCUT2D eigenvalue weighted by Gasteiger charge is 2.29. The summed E-state index contributed by atoms with van der Waals surface area (Å²) in [6, 6.07) is 5.99. The number of carbonyl (C=O) groups is 1. The number of likely N-dealkylation sites (tertiary alicyclic amines) is 1. The monoisotopic (exact) mass is 317 g/mol. The normalized spacial score (nSPS) is 18.4. The minimum absolute atomic E-state index is 0.00814. The molecule has 122 valence electrons. The molecule has 3 rings (SSSR count).